The lowest BCUT2D eigenvalue weighted by Gasteiger charge is -1.96. The van der Waals surface area contributed by atoms with Crippen LogP contribution in [-0.4, -0.2) is 21.8 Å². The fourth-order valence-corrected chi connectivity index (χ4v) is 1.01. The maximum absolute atomic E-state index is 10.8. The summed E-state index contributed by atoms with van der Waals surface area (Å²) < 4.78 is 0.652. The van der Waals surface area contributed by atoms with Crippen molar-refractivity contribution in [3.8, 4) is 0 Å². The third-order valence-corrected chi connectivity index (χ3v) is 1.86. The Morgan fingerprint density at radius 3 is 2.62 bits per heavy atom. The summed E-state index contributed by atoms with van der Waals surface area (Å²) in [6, 6.07) is 3.31. The number of ketones is 1. The lowest BCUT2D eigenvalue weighted by atomic mass is 10.1. The molecule has 5 heteroatoms. The van der Waals surface area contributed by atoms with Gasteiger partial charge in [-0.2, -0.15) is 0 Å². The van der Waals surface area contributed by atoms with Crippen molar-refractivity contribution >= 4 is 27.7 Å². The summed E-state index contributed by atoms with van der Waals surface area (Å²) in [7, 11) is 0. The van der Waals surface area contributed by atoms with Crippen LogP contribution in [0.2, 0.25) is 0 Å². The molecule has 68 valence electrons. The monoisotopic (exact) mass is 243 g/mol. The lowest BCUT2D eigenvalue weighted by molar-refractivity contribution is -0.148. The summed E-state index contributed by atoms with van der Waals surface area (Å²) in [5.41, 5.74) is 0.593. The Morgan fingerprint density at radius 2 is 2.15 bits per heavy atom. The lowest BCUT2D eigenvalue weighted by Crippen LogP contribution is -2.15. The number of halogens is 1. The Kier molecular flexibility index (Phi) is 3.13. The number of carboxylic acid groups (broad SMARTS) is 1. The van der Waals surface area contributed by atoms with Gasteiger partial charge in [0.25, 0.3) is 0 Å². The minimum atomic E-state index is -1.41. The van der Waals surface area contributed by atoms with Gasteiger partial charge in [0.15, 0.2) is 0 Å². The SMILES string of the molecule is O=C(O)C(=O)Cc1ccc(Br)nc1. The zero-order valence-electron chi connectivity index (χ0n) is 6.53. The molecule has 0 fully saturated rings. The Labute approximate surface area is 82.7 Å². The van der Waals surface area contributed by atoms with Crippen LogP contribution in [0.5, 0.6) is 0 Å². The highest BCUT2D eigenvalue weighted by atomic mass is 79.9. The molecule has 0 aliphatic heterocycles. The number of carbonyl (C=O) groups is 2. The van der Waals surface area contributed by atoms with Gasteiger partial charge in [-0.25, -0.2) is 9.78 Å². The molecule has 0 saturated heterocycles. The summed E-state index contributed by atoms with van der Waals surface area (Å²) >= 11 is 3.13. The van der Waals surface area contributed by atoms with Crippen molar-refractivity contribution in [2.24, 2.45) is 0 Å². The number of aliphatic carboxylic acids is 1. The van der Waals surface area contributed by atoms with E-state index in [-0.39, 0.29) is 6.42 Å². The van der Waals surface area contributed by atoms with Gasteiger partial charge in [0.2, 0.25) is 5.78 Å². The van der Waals surface area contributed by atoms with Gasteiger partial charge in [-0.1, -0.05) is 6.07 Å². The molecular weight excluding hydrogens is 238 g/mol. The molecule has 0 unspecified atom stereocenters. The Bertz CT molecular complexity index is 334. The highest BCUT2D eigenvalue weighted by Crippen LogP contribution is 2.06. The zero-order valence-corrected chi connectivity index (χ0v) is 8.11. The number of hydrogen-bond donors (Lipinski definition) is 1. The predicted octanol–water partition coefficient (Wildman–Crippen LogP) is 1.04. The van der Waals surface area contributed by atoms with E-state index >= 15 is 0 Å². The van der Waals surface area contributed by atoms with Crippen LogP contribution in [0.25, 0.3) is 0 Å². The van der Waals surface area contributed by atoms with Crippen LogP contribution >= 0.6 is 15.9 Å². The highest BCUT2D eigenvalue weighted by Gasteiger charge is 2.11. The molecule has 0 radical (unpaired) electrons. The summed E-state index contributed by atoms with van der Waals surface area (Å²) in [5.74, 6) is -2.24. The van der Waals surface area contributed by atoms with Gasteiger partial charge in [0, 0.05) is 12.6 Å². The van der Waals surface area contributed by atoms with Crippen LogP contribution in [-0.2, 0) is 16.0 Å². The van der Waals surface area contributed by atoms with Crippen molar-refractivity contribution in [2.75, 3.05) is 0 Å². The van der Waals surface area contributed by atoms with Gasteiger partial charge in [0.05, 0.1) is 0 Å². The number of rotatable bonds is 3. The summed E-state index contributed by atoms with van der Waals surface area (Å²) in [5, 5.41) is 8.32. The van der Waals surface area contributed by atoms with Gasteiger partial charge < -0.3 is 5.11 Å². The molecule has 1 rings (SSSR count). The molecule has 0 aromatic carbocycles. The van der Waals surface area contributed by atoms with Crippen LogP contribution in [0.3, 0.4) is 0 Å². The molecule has 0 spiro atoms. The minimum absolute atomic E-state index is 0.115. The molecule has 0 aliphatic rings. The van der Waals surface area contributed by atoms with Crippen molar-refractivity contribution in [2.45, 2.75) is 6.42 Å². The first kappa shape index (κ1) is 9.85. The number of carboxylic acids is 1. The van der Waals surface area contributed by atoms with Crippen molar-refractivity contribution < 1.29 is 14.7 Å². The number of aromatic nitrogens is 1. The second-order valence-corrected chi connectivity index (χ2v) is 3.21. The largest absolute Gasteiger partial charge is 0.475 e. The van der Waals surface area contributed by atoms with Crippen LogP contribution in [0.15, 0.2) is 22.9 Å². The van der Waals surface area contributed by atoms with Gasteiger partial charge in [-0.05, 0) is 27.6 Å². The maximum Gasteiger partial charge on any atom is 0.372 e. The van der Waals surface area contributed by atoms with E-state index < -0.39 is 11.8 Å². The quantitative estimate of drug-likeness (QED) is 0.637. The maximum atomic E-state index is 10.8. The van der Waals surface area contributed by atoms with Gasteiger partial charge in [0.1, 0.15) is 4.60 Å². The van der Waals surface area contributed by atoms with E-state index in [1.165, 1.54) is 6.20 Å². The van der Waals surface area contributed by atoms with E-state index in [1.807, 2.05) is 0 Å². The van der Waals surface area contributed by atoms with Crippen LogP contribution in [0.4, 0.5) is 0 Å². The van der Waals surface area contributed by atoms with Crippen LogP contribution in [0, 0.1) is 0 Å². The molecule has 0 aliphatic carbocycles. The number of hydrogen-bond acceptors (Lipinski definition) is 3. The van der Waals surface area contributed by atoms with Crippen molar-refractivity contribution in [3.63, 3.8) is 0 Å². The molecule has 13 heavy (non-hydrogen) atoms. The van der Waals surface area contributed by atoms with Crippen LogP contribution < -0.4 is 0 Å². The summed E-state index contributed by atoms with van der Waals surface area (Å²) in [4.78, 5) is 24.8. The molecule has 1 aromatic heterocycles. The third kappa shape index (κ3) is 2.95. The van der Waals surface area contributed by atoms with E-state index in [4.69, 9.17) is 5.11 Å². The highest BCUT2D eigenvalue weighted by molar-refractivity contribution is 9.10. The molecule has 4 nitrogen and oxygen atoms in total. The van der Waals surface area contributed by atoms with Gasteiger partial charge >= 0.3 is 5.97 Å². The predicted molar refractivity (Wildman–Crippen MR) is 48.3 cm³/mol. The van der Waals surface area contributed by atoms with Crippen LogP contribution in [0.1, 0.15) is 5.56 Å². The zero-order chi connectivity index (χ0) is 9.84. The first-order chi connectivity index (χ1) is 6.09. The topological polar surface area (TPSA) is 67.3 Å². The molecule has 1 N–H and O–H groups in total. The van der Waals surface area contributed by atoms with Crippen molar-refractivity contribution in [1.82, 2.24) is 4.98 Å². The molecule has 1 heterocycles. The first-order valence-electron chi connectivity index (χ1n) is 3.46. The first-order valence-corrected chi connectivity index (χ1v) is 4.25. The Morgan fingerprint density at radius 1 is 1.46 bits per heavy atom. The van der Waals surface area contributed by atoms with Gasteiger partial charge in [-0.3, -0.25) is 4.79 Å². The third-order valence-electron chi connectivity index (χ3n) is 1.39. The average Bonchev–Trinajstić information content (AvgIpc) is 2.08. The standard InChI is InChI=1S/C8H6BrNO3/c9-7-2-1-5(4-10-7)3-6(11)8(12)13/h1-2,4H,3H2,(H,12,13). The molecule has 0 atom stereocenters. The Balaban J connectivity index is 2.70. The molecule has 0 saturated carbocycles. The molecular formula is C8H6BrNO3. The van der Waals surface area contributed by atoms with E-state index in [9.17, 15) is 9.59 Å². The van der Waals surface area contributed by atoms with Gasteiger partial charge in [-0.15, -0.1) is 0 Å². The van der Waals surface area contributed by atoms with E-state index in [0.29, 0.717) is 10.2 Å². The fourth-order valence-electron chi connectivity index (χ4n) is 0.772. The number of nitrogens with zero attached hydrogens (tertiary/aromatic N) is 1. The number of pyridine rings is 1. The smallest absolute Gasteiger partial charge is 0.372 e. The molecule has 0 amide bonds. The second kappa shape index (κ2) is 4.13. The van der Waals surface area contributed by atoms with E-state index in [1.54, 1.807) is 12.1 Å². The number of Topliss-reactive ketones (excluding diaryl/α,β-unsaturated/α-hetero) is 1. The molecule has 1 aromatic rings. The van der Waals surface area contributed by atoms with Crippen molar-refractivity contribution in [1.29, 1.82) is 0 Å². The summed E-state index contributed by atoms with van der Waals surface area (Å²) in [6.45, 7) is 0. The fraction of sp³-hybridized carbons (Fsp3) is 0.125. The van der Waals surface area contributed by atoms with Crippen molar-refractivity contribution in [3.05, 3.63) is 28.5 Å². The Hall–Kier alpha value is -1.23. The normalized spacial score (nSPS) is 9.62. The van der Waals surface area contributed by atoms with E-state index in [0.717, 1.165) is 0 Å². The number of carbonyl (C=O) groups excluding carboxylic acids is 1. The summed E-state index contributed by atoms with van der Waals surface area (Å²) in [6.07, 6.45) is 1.35. The average molecular weight is 244 g/mol. The van der Waals surface area contributed by atoms with E-state index in [2.05, 4.69) is 20.9 Å². The minimum Gasteiger partial charge on any atom is -0.475 e. The second-order valence-electron chi connectivity index (χ2n) is 2.39. The molecule has 0 bridgehead atoms.